The fourth-order valence-corrected chi connectivity index (χ4v) is 8.69. The molecule has 1 atom stereocenters. The van der Waals surface area contributed by atoms with E-state index in [0.29, 0.717) is 19.3 Å². The lowest BCUT2D eigenvalue weighted by Gasteiger charge is -2.18. The molecule has 0 bridgehead atoms. The molecule has 0 N–H and O–H groups in total. The molecule has 6 nitrogen and oxygen atoms in total. The summed E-state index contributed by atoms with van der Waals surface area (Å²) in [4.78, 5) is 38.1. The van der Waals surface area contributed by atoms with Gasteiger partial charge in [0.25, 0.3) is 0 Å². The van der Waals surface area contributed by atoms with Crippen LogP contribution in [-0.4, -0.2) is 37.2 Å². The summed E-state index contributed by atoms with van der Waals surface area (Å²) in [5.74, 6) is -0.868. The Labute approximate surface area is 416 Å². The van der Waals surface area contributed by atoms with Crippen molar-refractivity contribution in [2.24, 2.45) is 0 Å². The molecular weight excluding hydrogens is 829 g/mol. The van der Waals surface area contributed by atoms with Crippen LogP contribution in [0.15, 0.2) is 36.5 Å². The minimum atomic E-state index is -0.774. The van der Waals surface area contributed by atoms with Gasteiger partial charge in [0.1, 0.15) is 13.2 Å². The highest BCUT2D eigenvalue weighted by Gasteiger charge is 2.19. The van der Waals surface area contributed by atoms with Crippen molar-refractivity contribution in [2.45, 2.75) is 322 Å². The Morgan fingerprint density at radius 1 is 0.299 bits per heavy atom. The lowest BCUT2D eigenvalue weighted by Crippen LogP contribution is -2.30. The van der Waals surface area contributed by atoms with Crippen LogP contribution in [0.5, 0.6) is 0 Å². The fourth-order valence-electron chi connectivity index (χ4n) is 8.69. The molecule has 0 fully saturated rings. The first-order chi connectivity index (χ1) is 33.0. The maximum absolute atomic E-state index is 12.8. The van der Waals surface area contributed by atoms with E-state index >= 15 is 0 Å². The molecule has 392 valence electrons. The Morgan fingerprint density at radius 2 is 0.537 bits per heavy atom. The highest BCUT2D eigenvalue weighted by atomic mass is 16.6. The van der Waals surface area contributed by atoms with E-state index in [9.17, 15) is 14.4 Å². The number of hydrogen-bond acceptors (Lipinski definition) is 6. The van der Waals surface area contributed by atoms with Gasteiger partial charge in [0, 0.05) is 19.3 Å². The summed E-state index contributed by atoms with van der Waals surface area (Å²) in [5.41, 5.74) is 0. The first kappa shape index (κ1) is 64.6. The number of ether oxygens (including phenoxy) is 3. The van der Waals surface area contributed by atoms with Gasteiger partial charge in [-0.2, -0.15) is 0 Å². The molecular formula is C61H112O6. The Bertz CT molecular complexity index is 1130. The number of allylic oxidation sites excluding steroid dienone is 6. The average molecular weight is 942 g/mol. The molecule has 0 aromatic rings. The van der Waals surface area contributed by atoms with Crippen molar-refractivity contribution in [1.29, 1.82) is 0 Å². The predicted molar refractivity (Wildman–Crippen MR) is 289 cm³/mol. The first-order valence-corrected chi connectivity index (χ1v) is 29.5. The van der Waals surface area contributed by atoms with E-state index in [-0.39, 0.29) is 31.1 Å². The molecule has 0 rings (SSSR count). The maximum Gasteiger partial charge on any atom is 0.306 e. The van der Waals surface area contributed by atoms with Crippen molar-refractivity contribution in [2.75, 3.05) is 13.2 Å². The number of unbranched alkanes of at least 4 members (excludes halogenated alkanes) is 37. The van der Waals surface area contributed by atoms with Crippen molar-refractivity contribution in [3.8, 4) is 0 Å². The molecule has 0 aromatic heterocycles. The molecule has 0 aliphatic carbocycles. The van der Waals surface area contributed by atoms with Gasteiger partial charge in [-0.1, -0.05) is 276 Å². The summed E-state index contributed by atoms with van der Waals surface area (Å²) in [5, 5.41) is 0. The molecule has 0 aromatic carbocycles. The van der Waals surface area contributed by atoms with Gasteiger partial charge in [0.2, 0.25) is 0 Å². The van der Waals surface area contributed by atoms with Gasteiger partial charge in [-0.15, -0.1) is 0 Å². The summed E-state index contributed by atoms with van der Waals surface area (Å²) in [7, 11) is 0. The summed E-state index contributed by atoms with van der Waals surface area (Å²) < 4.78 is 16.9. The third kappa shape index (κ3) is 54.4. The first-order valence-electron chi connectivity index (χ1n) is 29.5. The summed E-state index contributed by atoms with van der Waals surface area (Å²) in [6.07, 6.45) is 67.1. The molecule has 0 aliphatic rings. The topological polar surface area (TPSA) is 78.9 Å². The molecule has 0 spiro atoms. The number of rotatable bonds is 54. The molecule has 0 aliphatic heterocycles. The quantitative estimate of drug-likeness (QED) is 0.0262. The lowest BCUT2D eigenvalue weighted by molar-refractivity contribution is -0.167. The van der Waals surface area contributed by atoms with Crippen LogP contribution in [0.4, 0.5) is 0 Å². The van der Waals surface area contributed by atoms with Crippen molar-refractivity contribution in [3.05, 3.63) is 36.5 Å². The molecule has 67 heavy (non-hydrogen) atoms. The third-order valence-electron chi connectivity index (χ3n) is 13.1. The highest BCUT2D eigenvalue weighted by molar-refractivity contribution is 5.71. The van der Waals surface area contributed by atoms with Crippen LogP contribution in [-0.2, 0) is 28.6 Å². The minimum absolute atomic E-state index is 0.0728. The van der Waals surface area contributed by atoms with Crippen LogP contribution in [0.3, 0.4) is 0 Å². The zero-order chi connectivity index (χ0) is 48.6. The van der Waals surface area contributed by atoms with E-state index in [1.807, 2.05) is 0 Å². The second kappa shape index (κ2) is 56.2. The van der Waals surface area contributed by atoms with Crippen LogP contribution in [0.1, 0.15) is 316 Å². The van der Waals surface area contributed by atoms with Gasteiger partial charge >= 0.3 is 17.9 Å². The third-order valence-corrected chi connectivity index (χ3v) is 13.1. The number of hydrogen-bond donors (Lipinski definition) is 0. The van der Waals surface area contributed by atoms with E-state index in [4.69, 9.17) is 14.2 Å². The largest absolute Gasteiger partial charge is 0.462 e. The normalized spacial score (nSPS) is 12.2. The average Bonchev–Trinajstić information content (AvgIpc) is 3.33. The Morgan fingerprint density at radius 3 is 0.866 bits per heavy atom. The van der Waals surface area contributed by atoms with E-state index in [1.54, 1.807) is 0 Å². The van der Waals surface area contributed by atoms with Crippen molar-refractivity contribution >= 4 is 17.9 Å². The van der Waals surface area contributed by atoms with Crippen LogP contribution in [0.2, 0.25) is 0 Å². The second-order valence-corrected chi connectivity index (χ2v) is 19.9. The molecule has 0 heterocycles. The molecule has 0 saturated heterocycles. The van der Waals surface area contributed by atoms with Gasteiger partial charge in [-0.3, -0.25) is 14.4 Å². The Balaban J connectivity index is 4.28. The smallest absolute Gasteiger partial charge is 0.306 e. The Kier molecular flexibility index (Phi) is 54.2. The van der Waals surface area contributed by atoms with Crippen molar-refractivity contribution in [1.82, 2.24) is 0 Å². The SMILES string of the molecule is CCCCC/C=C\C/C=C\C/C=C\CCCCCCCCC(=O)OC(COC(=O)CCCCCCCCCCCC)COC(=O)CCCCCCCCCCCCCCCCCCCCCC. The van der Waals surface area contributed by atoms with Crippen LogP contribution >= 0.6 is 0 Å². The number of carbonyl (C=O) groups is 3. The van der Waals surface area contributed by atoms with E-state index in [0.717, 1.165) is 77.0 Å². The highest BCUT2D eigenvalue weighted by Crippen LogP contribution is 2.17. The van der Waals surface area contributed by atoms with Crippen LogP contribution in [0, 0.1) is 0 Å². The molecule has 6 heteroatoms. The standard InChI is InChI=1S/C61H112O6/c1-4-7-10-13-16-19-22-24-26-28-30-32-33-35-37-39-42-45-48-51-54-60(63)66-57-58(56-65-59(62)53-50-47-44-41-21-18-15-12-9-6-3)67-61(64)55-52-49-46-43-40-38-36-34-31-29-27-25-23-20-17-14-11-8-5-2/h17,20,25,27,31,34,58H,4-16,18-19,21-24,26,28-30,32-33,35-57H2,1-3H3/b20-17-,27-25-,34-31-. The predicted octanol–water partition coefficient (Wildman–Crippen LogP) is 19.7. The lowest BCUT2D eigenvalue weighted by atomic mass is 10.0. The second-order valence-electron chi connectivity index (χ2n) is 19.9. The van der Waals surface area contributed by atoms with Gasteiger partial charge in [-0.25, -0.2) is 0 Å². The number of carbonyl (C=O) groups excluding carboxylic acids is 3. The van der Waals surface area contributed by atoms with Gasteiger partial charge < -0.3 is 14.2 Å². The minimum Gasteiger partial charge on any atom is -0.462 e. The summed E-state index contributed by atoms with van der Waals surface area (Å²) >= 11 is 0. The van der Waals surface area contributed by atoms with Gasteiger partial charge in [0.05, 0.1) is 0 Å². The van der Waals surface area contributed by atoms with E-state index in [2.05, 4.69) is 57.2 Å². The summed E-state index contributed by atoms with van der Waals surface area (Å²) in [6, 6.07) is 0. The fraction of sp³-hybridized carbons (Fsp3) is 0.852. The molecule has 0 radical (unpaired) electrons. The van der Waals surface area contributed by atoms with E-state index in [1.165, 1.54) is 199 Å². The van der Waals surface area contributed by atoms with Crippen LogP contribution in [0.25, 0.3) is 0 Å². The van der Waals surface area contributed by atoms with E-state index < -0.39 is 6.10 Å². The van der Waals surface area contributed by atoms with Crippen LogP contribution < -0.4 is 0 Å². The maximum atomic E-state index is 12.8. The monoisotopic (exact) mass is 941 g/mol. The van der Waals surface area contributed by atoms with Crippen molar-refractivity contribution < 1.29 is 28.6 Å². The molecule has 0 amide bonds. The Hall–Kier alpha value is -2.37. The summed E-state index contributed by atoms with van der Waals surface area (Å²) in [6.45, 7) is 6.63. The zero-order valence-electron chi connectivity index (χ0n) is 44.9. The number of esters is 3. The molecule has 0 saturated carbocycles. The zero-order valence-corrected chi connectivity index (χ0v) is 44.9. The van der Waals surface area contributed by atoms with Gasteiger partial charge in [-0.05, 0) is 57.8 Å². The van der Waals surface area contributed by atoms with Gasteiger partial charge in [0.15, 0.2) is 6.10 Å². The van der Waals surface area contributed by atoms with Crippen molar-refractivity contribution in [3.63, 3.8) is 0 Å². The molecule has 1 unspecified atom stereocenters.